The van der Waals surface area contributed by atoms with Gasteiger partial charge in [0.25, 0.3) is 0 Å². The van der Waals surface area contributed by atoms with Crippen LogP contribution in [0.4, 0.5) is 4.79 Å². The van der Waals surface area contributed by atoms with Crippen LogP contribution in [-0.4, -0.2) is 45.1 Å². The van der Waals surface area contributed by atoms with E-state index in [1.54, 1.807) is 58.2 Å². The summed E-state index contributed by atoms with van der Waals surface area (Å²) in [5.74, 6) is 0.550. The van der Waals surface area contributed by atoms with Crippen molar-refractivity contribution in [3.05, 3.63) is 102 Å². The highest BCUT2D eigenvalue weighted by Gasteiger charge is 2.28. The quantitative estimate of drug-likeness (QED) is 0.295. The van der Waals surface area contributed by atoms with Gasteiger partial charge in [-0.15, -0.1) is 0 Å². The van der Waals surface area contributed by atoms with Gasteiger partial charge in [0, 0.05) is 0 Å². The lowest BCUT2D eigenvalue weighted by atomic mass is 10.1. The normalized spacial score (nSPS) is 13.5. The molecule has 2 atom stereocenters. The van der Waals surface area contributed by atoms with E-state index in [4.69, 9.17) is 14.2 Å². The second-order valence-corrected chi connectivity index (χ2v) is 12.2. The van der Waals surface area contributed by atoms with Gasteiger partial charge in [-0.1, -0.05) is 72.8 Å². The van der Waals surface area contributed by atoms with Gasteiger partial charge in [0.05, 0.1) is 36.5 Å². The number of methoxy groups -OCH3 is 1. The third-order valence-corrected chi connectivity index (χ3v) is 7.54. The largest absolute Gasteiger partial charge is 0.497 e. The average Bonchev–Trinajstić information content (AvgIpc) is 2.91. The predicted octanol–water partition coefficient (Wildman–Crippen LogP) is 6.05. The molecule has 0 saturated heterocycles. The first-order valence-corrected chi connectivity index (χ1v) is 14.5. The van der Waals surface area contributed by atoms with Crippen LogP contribution in [0.2, 0.25) is 0 Å². The van der Waals surface area contributed by atoms with Crippen LogP contribution in [0.5, 0.6) is 5.75 Å². The number of nitrogens with one attached hydrogen (secondary N) is 1. The predicted molar refractivity (Wildman–Crippen MR) is 153 cm³/mol. The van der Waals surface area contributed by atoms with Crippen molar-refractivity contribution < 1.29 is 27.4 Å². The Kier molecular flexibility index (Phi) is 10.7. The summed E-state index contributed by atoms with van der Waals surface area (Å²) >= 11 is 0. The lowest BCUT2D eigenvalue weighted by molar-refractivity contribution is 0.0261. The third-order valence-electron chi connectivity index (χ3n) is 5.78. The highest BCUT2D eigenvalue weighted by atomic mass is 32.2. The van der Waals surface area contributed by atoms with Crippen LogP contribution in [0.1, 0.15) is 38.3 Å². The van der Waals surface area contributed by atoms with Crippen LogP contribution in [0, 0.1) is 0 Å². The zero-order valence-electron chi connectivity index (χ0n) is 22.9. The Labute approximate surface area is 231 Å². The van der Waals surface area contributed by atoms with Gasteiger partial charge < -0.3 is 19.5 Å². The number of hydrogen-bond donors (Lipinski definition) is 1. The van der Waals surface area contributed by atoms with Crippen molar-refractivity contribution in [2.45, 2.75) is 56.4 Å². The van der Waals surface area contributed by atoms with Crippen molar-refractivity contribution >= 4 is 22.0 Å². The van der Waals surface area contributed by atoms with E-state index in [1.165, 1.54) is 0 Å². The van der Waals surface area contributed by atoms with Crippen LogP contribution in [-0.2, 0) is 25.9 Å². The summed E-state index contributed by atoms with van der Waals surface area (Å²) in [5.41, 5.74) is 1.13. The molecule has 1 amide bonds. The topological polar surface area (TPSA) is 90.9 Å². The van der Waals surface area contributed by atoms with Gasteiger partial charge in [-0.2, -0.15) is 0 Å². The Balaban J connectivity index is 1.88. The molecule has 208 valence electrons. The second kappa shape index (κ2) is 14.0. The number of amides is 1. The van der Waals surface area contributed by atoms with E-state index in [0.717, 1.165) is 16.9 Å². The third kappa shape index (κ3) is 10.2. The highest BCUT2D eigenvalue weighted by molar-refractivity contribution is 7.91. The molecule has 8 heteroatoms. The molecule has 0 heterocycles. The van der Waals surface area contributed by atoms with Crippen LogP contribution < -0.4 is 10.1 Å². The number of carbonyl (C=O) groups is 1. The van der Waals surface area contributed by atoms with Gasteiger partial charge in [0.2, 0.25) is 0 Å². The summed E-state index contributed by atoms with van der Waals surface area (Å²) in [4.78, 5) is 13.0. The van der Waals surface area contributed by atoms with Crippen LogP contribution >= 0.6 is 0 Å². The fourth-order valence-corrected chi connectivity index (χ4v) is 5.17. The second-order valence-electron chi connectivity index (χ2n) is 10.1. The van der Waals surface area contributed by atoms with Crippen molar-refractivity contribution in [2.75, 3.05) is 12.9 Å². The first-order valence-electron chi connectivity index (χ1n) is 12.8. The Morgan fingerprint density at radius 1 is 0.923 bits per heavy atom. The highest BCUT2D eigenvalue weighted by Crippen LogP contribution is 2.19. The molecule has 0 aliphatic carbocycles. The molecule has 3 aromatic carbocycles. The van der Waals surface area contributed by atoms with Crippen LogP contribution in [0.15, 0.2) is 95.9 Å². The molecule has 2 unspecified atom stereocenters. The molecule has 0 fully saturated rings. The van der Waals surface area contributed by atoms with Crippen molar-refractivity contribution in [3.8, 4) is 5.75 Å². The molecule has 7 nitrogen and oxygen atoms in total. The smallest absolute Gasteiger partial charge is 0.407 e. The molecule has 39 heavy (non-hydrogen) atoms. The number of sulfone groups is 1. The Morgan fingerprint density at radius 3 is 2.13 bits per heavy atom. The molecule has 0 spiro atoms. The van der Waals surface area contributed by atoms with E-state index in [9.17, 15) is 13.2 Å². The minimum atomic E-state index is -3.59. The maximum Gasteiger partial charge on any atom is 0.407 e. The van der Waals surface area contributed by atoms with Gasteiger partial charge in [0.15, 0.2) is 9.84 Å². The zero-order valence-corrected chi connectivity index (χ0v) is 23.7. The fourth-order valence-electron chi connectivity index (χ4n) is 3.80. The molecule has 0 aliphatic heterocycles. The Hall–Kier alpha value is -3.62. The maximum atomic E-state index is 13.1. The average molecular weight is 552 g/mol. The lowest BCUT2D eigenvalue weighted by Gasteiger charge is -2.28. The lowest BCUT2D eigenvalue weighted by Crippen LogP contribution is -2.46. The van der Waals surface area contributed by atoms with Gasteiger partial charge in [-0.25, -0.2) is 13.2 Å². The van der Waals surface area contributed by atoms with Gasteiger partial charge in [-0.05, 0) is 62.6 Å². The van der Waals surface area contributed by atoms with Gasteiger partial charge in [-0.3, -0.25) is 0 Å². The SMILES string of the molecule is COc1ccc(COC(/C=C/c2ccccc2)C(CCS(=O)(=O)c2ccccc2)NC(=O)OC(C)(C)C)cc1. The zero-order chi connectivity index (χ0) is 28.3. The van der Waals surface area contributed by atoms with Gasteiger partial charge >= 0.3 is 6.09 Å². The van der Waals surface area contributed by atoms with Crippen molar-refractivity contribution in [1.82, 2.24) is 5.32 Å². The van der Waals surface area contributed by atoms with Crippen molar-refractivity contribution in [3.63, 3.8) is 0 Å². The molecule has 0 radical (unpaired) electrons. The van der Waals surface area contributed by atoms with Gasteiger partial charge in [0.1, 0.15) is 11.4 Å². The standard InChI is InChI=1S/C31H37NO6S/c1-31(2,3)38-30(33)32-28(21-22-39(34,35)27-13-9-6-10-14-27)29(20-17-24-11-7-5-8-12-24)37-23-25-15-18-26(36-4)19-16-25/h5-20,28-29H,21-23H2,1-4H3,(H,32,33)/b20-17+. The summed E-state index contributed by atoms with van der Waals surface area (Å²) in [6.45, 7) is 5.56. The fraction of sp³-hybridized carbons (Fsp3) is 0.323. The monoisotopic (exact) mass is 551 g/mol. The van der Waals surface area contributed by atoms with E-state index < -0.39 is 33.7 Å². The molecule has 0 bridgehead atoms. The van der Waals surface area contributed by atoms with E-state index in [0.29, 0.717) is 0 Å². The van der Waals surface area contributed by atoms with Crippen molar-refractivity contribution in [2.24, 2.45) is 0 Å². The van der Waals surface area contributed by atoms with E-state index in [1.807, 2.05) is 66.7 Å². The Morgan fingerprint density at radius 2 is 1.54 bits per heavy atom. The molecular formula is C31H37NO6S. The van der Waals surface area contributed by atoms with E-state index in [-0.39, 0.29) is 23.7 Å². The number of hydrogen-bond acceptors (Lipinski definition) is 6. The summed E-state index contributed by atoms with van der Waals surface area (Å²) < 4.78 is 43.2. The number of rotatable bonds is 12. The minimum absolute atomic E-state index is 0.114. The number of benzene rings is 3. The summed E-state index contributed by atoms with van der Waals surface area (Å²) in [7, 11) is -1.98. The van der Waals surface area contributed by atoms with Crippen LogP contribution in [0.25, 0.3) is 6.08 Å². The summed E-state index contributed by atoms with van der Waals surface area (Å²) in [6.07, 6.45) is 2.56. The number of ether oxygens (including phenoxy) is 3. The van der Waals surface area contributed by atoms with E-state index in [2.05, 4.69) is 5.32 Å². The Bertz CT molecular complexity index is 1300. The molecule has 3 aromatic rings. The summed E-state index contributed by atoms with van der Waals surface area (Å²) in [5, 5.41) is 2.87. The molecule has 3 rings (SSSR count). The summed E-state index contributed by atoms with van der Waals surface area (Å²) in [6, 6.07) is 24.8. The number of carbonyl (C=O) groups excluding carboxylic acids is 1. The number of alkyl carbamates (subject to hydrolysis) is 1. The van der Waals surface area contributed by atoms with Crippen LogP contribution in [0.3, 0.4) is 0 Å². The molecule has 0 aromatic heterocycles. The minimum Gasteiger partial charge on any atom is -0.497 e. The van der Waals surface area contributed by atoms with Crippen molar-refractivity contribution in [1.29, 1.82) is 0 Å². The molecule has 0 aliphatic rings. The molecular weight excluding hydrogens is 514 g/mol. The first-order chi connectivity index (χ1) is 18.6. The maximum absolute atomic E-state index is 13.1. The molecule has 1 N–H and O–H groups in total. The molecule has 0 saturated carbocycles. The first kappa shape index (κ1) is 29.9. The van der Waals surface area contributed by atoms with E-state index >= 15 is 0 Å².